The SMILES string of the molecule is O=C(Nc1cccc(-c2nc3sccn3c2-c2ccnc(Nc3cccc(N4CCOCC4=O)c3)n2)c1)c1ccccc1. The van der Waals surface area contributed by atoms with Gasteiger partial charge in [0.2, 0.25) is 5.95 Å². The summed E-state index contributed by atoms with van der Waals surface area (Å²) in [4.78, 5) is 41.9. The molecule has 0 atom stereocenters. The zero-order chi connectivity index (χ0) is 29.2. The quantitative estimate of drug-likeness (QED) is 0.240. The fraction of sp³-hybridized carbons (Fsp3) is 0.0938. The van der Waals surface area contributed by atoms with Crippen LogP contribution in [-0.4, -0.2) is 50.9 Å². The van der Waals surface area contributed by atoms with Gasteiger partial charge in [-0.2, -0.15) is 0 Å². The monoisotopic (exact) mass is 587 g/mol. The fourth-order valence-corrected chi connectivity index (χ4v) is 5.71. The lowest BCUT2D eigenvalue weighted by molar-refractivity contribution is -0.125. The standard InChI is InChI=1S/C32H25N7O3S/c40-27-20-42-16-14-38(27)25-11-5-10-24(19-25)35-31-33-13-12-26(36-31)29-28(37-32-39(29)15-17-43-32)22-8-4-9-23(18-22)34-30(41)21-6-2-1-3-7-21/h1-13,15,17-19H,14,16,20H2,(H,34,41)(H,33,35,36). The number of ether oxygens (including phenoxy) is 1. The zero-order valence-corrected chi connectivity index (χ0v) is 23.6. The van der Waals surface area contributed by atoms with Crippen molar-refractivity contribution in [3.63, 3.8) is 0 Å². The lowest BCUT2D eigenvalue weighted by atomic mass is 10.1. The molecule has 6 aromatic rings. The number of benzene rings is 3. The average Bonchev–Trinajstić information content (AvgIpc) is 3.64. The molecule has 4 heterocycles. The molecule has 212 valence electrons. The van der Waals surface area contributed by atoms with Crippen LogP contribution >= 0.6 is 11.3 Å². The molecule has 0 radical (unpaired) electrons. The number of hydrogen-bond acceptors (Lipinski definition) is 8. The highest BCUT2D eigenvalue weighted by atomic mass is 32.1. The van der Waals surface area contributed by atoms with Gasteiger partial charge < -0.3 is 20.3 Å². The lowest BCUT2D eigenvalue weighted by Gasteiger charge is -2.27. The molecule has 2 amide bonds. The van der Waals surface area contributed by atoms with Crippen LogP contribution in [0.2, 0.25) is 0 Å². The molecule has 0 bridgehead atoms. The number of anilines is 4. The highest BCUT2D eigenvalue weighted by molar-refractivity contribution is 7.15. The van der Waals surface area contributed by atoms with Gasteiger partial charge in [0.25, 0.3) is 11.8 Å². The predicted molar refractivity (Wildman–Crippen MR) is 167 cm³/mol. The number of morpholine rings is 1. The van der Waals surface area contributed by atoms with Crippen molar-refractivity contribution in [2.75, 3.05) is 35.3 Å². The number of thiazole rings is 1. The van der Waals surface area contributed by atoms with Crippen LogP contribution in [0.3, 0.4) is 0 Å². The van der Waals surface area contributed by atoms with Gasteiger partial charge in [0.05, 0.1) is 18.0 Å². The topological polar surface area (TPSA) is 114 Å². The molecule has 11 heteroatoms. The van der Waals surface area contributed by atoms with E-state index in [1.165, 1.54) is 11.3 Å². The van der Waals surface area contributed by atoms with Gasteiger partial charge in [0.1, 0.15) is 12.3 Å². The Morgan fingerprint density at radius 3 is 2.67 bits per heavy atom. The molecule has 3 aromatic carbocycles. The van der Waals surface area contributed by atoms with E-state index in [9.17, 15) is 9.59 Å². The number of imidazole rings is 1. The summed E-state index contributed by atoms with van der Waals surface area (Å²) in [5.41, 5.74) is 5.85. The van der Waals surface area contributed by atoms with E-state index in [0.29, 0.717) is 36.0 Å². The molecule has 43 heavy (non-hydrogen) atoms. The Morgan fingerprint density at radius 2 is 1.79 bits per heavy atom. The summed E-state index contributed by atoms with van der Waals surface area (Å²) in [5, 5.41) is 8.24. The van der Waals surface area contributed by atoms with E-state index in [1.54, 1.807) is 23.2 Å². The first-order chi connectivity index (χ1) is 21.1. The van der Waals surface area contributed by atoms with Crippen LogP contribution in [0.5, 0.6) is 0 Å². The first-order valence-electron chi connectivity index (χ1n) is 13.6. The molecule has 10 nitrogen and oxygen atoms in total. The van der Waals surface area contributed by atoms with Crippen molar-refractivity contribution in [3.05, 3.63) is 108 Å². The maximum Gasteiger partial charge on any atom is 0.255 e. The summed E-state index contributed by atoms with van der Waals surface area (Å²) in [5.74, 6) is 0.152. The number of aromatic nitrogens is 4. The highest BCUT2D eigenvalue weighted by Crippen LogP contribution is 2.35. The van der Waals surface area contributed by atoms with Gasteiger partial charge in [-0.05, 0) is 48.5 Å². The highest BCUT2D eigenvalue weighted by Gasteiger charge is 2.21. The van der Waals surface area contributed by atoms with E-state index >= 15 is 0 Å². The van der Waals surface area contributed by atoms with E-state index in [-0.39, 0.29) is 18.4 Å². The van der Waals surface area contributed by atoms with Crippen LogP contribution < -0.4 is 15.5 Å². The number of carbonyl (C=O) groups is 2. The van der Waals surface area contributed by atoms with Gasteiger partial charge >= 0.3 is 0 Å². The Hall–Kier alpha value is -5.39. The van der Waals surface area contributed by atoms with Crippen LogP contribution in [-0.2, 0) is 9.53 Å². The molecular weight excluding hydrogens is 562 g/mol. The summed E-state index contributed by atoms with van der Waals surface area (Å²) in [7, 11) is 0. The molecule has 2 N–H and O–H groups in total. The van der Waals surface area contributed by atoms with E-state index < -0.39 is 0 Å². The molecule has 1 aliphatic heterocycles. The van der Waals surface area contributed by atoms with E-state index in [4.69, 9.17) is 14.7 Å². The third-order valence-corrected chi connectivity index (χ3v) is 7.75. The molecule has 1 fully saturated rings. The first kappa shape index (κ1) is 26.5. The summed E-state index contributed by atoms with van der Waals surface area (Å²) >= 11 is 1.53. The minimum Gasteiger partial charge on any atom is -0.370 e. The van der Waals surface area contributed by atoms with Gasteiger partial charge in [0, 0.05) is 52.5 Å². The number of nitrogens with zero attached hydrogens (tertiary/aromatic N) is 5. The largest absolute Gasteiger partial charge is 0.370 e. The van der Waals surface area contributed by atoms with Gasteiger partial charge in [-0.3, -0.25) is 14.0 Å². The molecule has 0 unspecified atom stereocenters. The van der Waals surface area contributed by atoms with Crippen LogP contribution in [0.25, 0.3) is 27.6 Å². The molecule has 3 aromatic heterocycles. The van der Waals surface area contributed by atoms with E-state index in [2.05, 4.69) is 15.6 Å². The van der Waals surface area contributed by atoms with Gasteiger partial charge in [-0.25, -0.2) is 15.0 Å². The summed E-state index contributed by atoms with van der Waals surface area (Å²) < 4.78 is 7.27. The summed E-state index contributed by atoms with van der Waals surface area (Å²) in [6.07, 6.45) is 3.66. The second kappa shape index (κ2) is 11.5. The zero-order valence-electron chi connectivity index (χ0n) is 22.8. The number of rotatable bonds is 7. The molecule has 1 saturated heterocycles. The minimum atomic E-state index is -0.183. The van der Waals surface area contributed by atoms with Crippen molar-refractivity contribution in [1.82, 2.24) is 19.4 Å². The number of fused-ring (bicyclic) bond motifs is 1. The van der Waals surface area contributed by atoms with E-state index in [1.807, 2.05) is 88.8 Å². The second-order valence-corrected chi connectivity index (χ2v) is 10.7. The van der Waals surface area contributed by atoms with Crippen molar-refractivity contribution in [1.29, 1.82) is 0 Å². The molecule has 0 spiro atoms. The average molecular weight is 588 g/mol. The van der Waals surface area contributed by atoms with Crippen molar-refractivity contribution >= 4 is 51.1 Å². The molecular formula is C32H25N7O3S. The maximum atomic E-state index is 12.8. The van der Waals surface area contributed by atoms with Gasteiger partial charge in [0.15, 0.2) is 4.96 Å². The molecule has 0 aliphatic carbocycles. The Labute approximate surface area is 250 Å². The number of carbonyl (C=O) groups excluding carboxylic acids is 2. The number of amides is 2. The smallest absolute Gasteiger partial charge is 0.255 e. The van der Waals surface area contributed by atoms with Crippen molar-refractivity contribution < 1.29 is 14.3 Å². The third kappa shape index (κ3) is 5.46. The predicted octanol–water partition coefficient (Wildman–Crippen LogP) is 5.88. The van der Waals surface area contributed by atoms with E-state index in [0.717, 1.165) is 33.3 Å². The lowest BCUT2D eigenvalue weighted by Crippen LogP contribution is -2.41. The van der Waals surface area contributed by atoms with Crippen LogP contribution in [0.15, 0.2) is 103 Å². The Kier molecular flexibility index (Phi) is 7.07. The summed E-state index contributed by atoms with van der Waals surface area (Å²) in [6, 6.07) is 26.2. The van der Waals surface area contributed by atoms with Crippen molar-refractivity contribution in [2.24, 2.45) is 0 Å². The van der Waals surface area contributed by atoms with Gasteiger partial charge in [-0.1, -0.05) is 36.4 Å². The van der Waals surface area contributed by atoms with Crippen molar-refractivity contribution in [3.8, 4) is 22.6 Å². The normalized spacial score (nSPS) is 13.3. The maximum absolute atomic E-state index is 12.8. The molecule has 7 rings (SSSR count). The van der Waals surface area contributed by atoms with Crippen LogP contribution in [0, 0.1) is 0 Å². The van der Waals surface area contributed by atoms with Crippen LogP contribution in [0.1, 0.15) is 10.4 Å². The molecule has 0 saturated carbocycles. The second-order valence-electron chi connectivity index (χ2n) is 9.80. The number of nitrogens with one attached hydrogen (secondary N) is 2. The third-order valence-electron chi connectivity index (χ3n) is 6.99. The van der Waals surface area contributed by atoms with Crippen LogP contribution in [0.4, 0.5) is 23.0 Å². The number of hydrogen-bond donors (Lipinski definition) is 2. The first-order valence-corrected chi connectivity index (χ1v) is 14.5. The Bertz CT molecular complexity index is 1950. The Balaban J connectivity index is 1.20. The minimum absolute atomic E-state index is 0.0709. The van der Waals surface area contributed by atoms with Crippen molar-refractivity contribution in [2.45, 2.75) is 0 Å². The molecule has 1 aliphatic rings. The summed E-state index contributed by atoms with van der Waals surface area (Å²) in [6.45, 7) is 1.09. The fourth-order valence-electron chi connectivity index (χ4n) is 4.99. The van der Waals surface area contributed by atoms with Gasteiger partial charge in [-0.15, -0.1) is 11.3 Å². The Morgan fingerprint density at radius 1 is 0.930 bits per heavy atom.